The van der Waals surface area contributed by atoms with Gasteiger partial charge in [0.1, 0.15) is 5.75 Å². The molecule has 0 aromatic heterocycles. The molecule has 6 heteroatoms. The van der Waals surface area contributed by atoms with Crippen molar-refractivity contribution in [3.05, 3.63) is 59.1 Å². The van der Waals surface area contributed by atoms with Gasteiger partial charge in [0, 0.05) is 30.3 Å². The number of hydrogen-bond acceptors (Lipinski definition) is 4. The molecule has 1 aliphatic rings. The van der Waals surface area contributed by atoms with Crippen LogP contribution in [0.5, 0.6) is 5.75 Å². The fourth-order valence-corrected chi connectivity index (χ4v) is 4.07. The van der Waals surface area contributed by atoms with Crippen LogP contribution < -0.4 is 4.74 Å². The van der Waals surface area contributed by atoms with Crippen LogP contribution in [0.2, 0.25) is 5.02 Å². The SMILES string of the molecule is CS(=O)(=O)c1ccc(OCC2CCN(CCc3cccc(Cl)c3)C2)cc1. The normalized spacial score (nSPS) is 18.2. The third-order valence-corrected chi connectivity index (χ3v) is 6.08. The van der Waals surface area contributed by atoms with Gasteiger partial charge in [0.25, 0.3) is 0 Å². The first-order valence-electron chi connectivity index (χ1n) is 8.80. The number of rotatable bonds is 7. The molecule has 0 aliphatic carbocycles. The molecular weight excluding hydrogens is 370 g/mol. The maximum atomic E-state index is 11.5. The minimum Gasteiger partial charge on any atom is -0.493 e. The van der Waals surface area contributed by atoms with E-state index in [4.69, 9.17) is 16.3 Å². The largest absolute Gasteiger partial charge is 0.493 e. The second kappa shape index (κ2) is 8.42. The van der Waals surface area contributed by atoms with Crippen molar-refractivity contribution in [1.29, 1.82) is 0 Å². The second-order valence-electron chi connectivity index (χ2n) is 6.89. The van der Waals surface area contributed by atoms with Crippen LogP contribution in [-0.4, -0.2) is 45.8 Å². The summed E-state index contributed by atoms with van der Waals surface area (Å²) in [6.45, 7) is 3.80. The third kappa shape index (κ3) is 5.47. The van der Waals surface area contributed by atoms with Crippen molar-refractivity contribution < 1.29 is 13.2 Å². The van der Waals surface area contributed by atoms with Gasteiger partial charge in [0.15, 0.2) is 9.84 Å². The van der Waals surface area contributed by atoms with E-state index in [2.05, 4.69) is 11.0 Å². The zero-order valence-electron chi connectivity index (χ0n) is 14.9. The Morgan fingerprint density at radius 1 is 1.19 bits per heavy atom. The highest BCUT2D eigenvalue weighted by atomic mass is 35.5. The van der Waals surface area contributed by atoms with Crippen LogP contribution in [0, 0.1) is 5.92 Å². The molecule has 1 unspecified atom stereocenters. The van der Waals surface area contributed by atoms with E-state index in [-0.39, 0.29) is 0 Å². The summed E-state index contributed by atoms with van der Waals surface area (Å²) in [5.74, 6) is 1.22. The Morgan fingerprint density at radius 3 is 2.65 bits per heavy atom. The first kappa shape index (κ1) is 19.2. The van der Waals surface area contributed by atoms with Gasteiger partial charge in [-0.15, -0.1) is 0 Å². The molecule has 0 radical (unpaired) electrons. The third-order valence-electron chi connectivity index (χ3n) is 4.71. The van der Waals surface area contributed by atoms with Gasteiger partial charge >= 0.3 is 0 Å². The van der Waals surface area contributed by atoms with Crippen molar-refractivity contribution in [3.63, 3.8) is 0 Å². The molecule has 140 valence electrons. The average molecular weight is 394 g/mol. The fraction of sp³-hybridized carbons (Fsp3) is 0.400. The number of likely N-dealkylation sites (tertiary alicyclic amines) is 1. The minimum atomic E-state index is -3.16. The molecule has 26 heavy (non-hydrogen) atoms. The molecule has 0 saturated carbocycles. The molecule has 1 atom stereocenters. The van der Waals surface area contributed by atoms with E-state index in [1.165, 1.54) is 11.8 Å². The van der Waals surface area contributed by atoms with Gasteiger partial charge in [-0.1, -0.05) is 23.7 Å². The van der Waals surface area contributed by atoms with E-state index in [9.17, 15) is 8.42 Å². The summed E-state index contributed by atoms with van der Waals surface area (Å²) >= 11 is 6.03. The zero-order chi connectivity index (χ0) is 18.6. The summed E-state index contributed by atoms with van der Waals surface area (Å²) < 4.78 is 28.8. The van der Waals surface area contributed by atoms with Crippen LogP contribution in [0.1, 0.15) is 12.0 Å². The topological polar surface area (TPSA) is 46.6 Å². The van der Waals surface area contributed by atoms with Crippen molar-refractivity contribution in [2.24, 2.45) is 5.92 Å². The Morgan fingerprint density at radius 2 is 1.96 bits per heavy atom. The highest BCUT2D eigenvalue weighted by Gasteiger charge is 2.22. The molecule has 2 aromatic rings. The summed E-state index contributed by atoms with van der Waals surface area (Å²) in [5, 5.41) is 0.789. The van der Waals surface area contributed by atoms with Gasteiger partial charge in [-0.05, 0) is 61.3 Å². The number of sulfone groups is 1. The first-order valence-corrected chi connectivity index (χ1v) is 11.1. The highest BCUT2D eigenvalue weighted by molar-refractivity contribution is 7.90. The molecule has 0 amide bonds. The molecule has 4 nitrogen and oxygen atoms in total. The Hall–Kier alpha value is -1.56. The number of benzene rings is 2. The number of ether oxygens (including phenoxy) is 1. The maximum absolute atomic E-state index is 11.5. The molecule has 1 saturated heterocycles. The van der Waals surface area contributed by atoms with E-state index in [1.54, 1.807) is 24.3 Å². The van der Waals surface area contributed by atoms with Gasteiger partial charge in [-0.2, -0.15) is 0 Å². The summed E-state index contributed by atoms with van der Waals surface area (Å²) in [6, 6.07) is 14.7. The molecular formula is C20H24ClNO3S. The molecule has 0 spiro atoms. The quantitative estimate of drug-likeness (QED) is 0.719. The van der Waals surface area contributed by atoms with Gasteiger partial charge < -0.3 is 9.64 Å². The van der Waals surface area contributed by atoms with E-state index >= 15 is 0 Å². The Labute approximate surface area is 160 Å². The van der Waals surface area contributed by atoms with Crippen molar-refractivity contribution in [3.8, 4) is 5.75 Å². The minimum absolute atomic E-state index is 0.318. The lowest BCUT2D eigenvalue weighted by atomic mass is 10.1. The maximum Gasteiger partial charge on any atom is 0.175 e. The van der Waals surface area contributed by atoms with Crippen molar-refractivity contribution in [2.75, 3.05) is 32.5 Å². The lowest BCUT2D eigenvalue weighted by molar-refractivity contribution is 0.241. The van der Waals surface area contributed by atoms with E-state index < -0.39 is 9.84 Å². The first-order chi connectivity index (χ1) is 12.4. The van der Waals surface area contributed by atoms with Crippen LogP contribution in [-0.2, 0) is 16.3 Å². The molecule has 1 fully saturated rings. The predicted octanol–water partition coefficient (Wildman–Crippen LogP) is 3.69. The second-order valence-corrected chi connectivity index (χ2v) is 9.34. The van der Waals surface area contributed by atoms with Gasteiger partial charge in [0.2, 0.25) is 0 Å². The van der Waals surface area contributed by atoms with Crippen LogP contribution in [0.15, 0.2) is 53.4 Å². The molecule has 0 N–H and O–H groups in total. The van der Waals surface area contributed by atoms with Crippen molar-refractivity contribution in [1.82, 2.24) is 4.90 Å². The summed E-state index contributed by atoms with van der Waals surface area (Å²) in [4.78, 5) is 2.78. The smallest absolute Gasteiger partial charge is 0.175 e. The van der Waals surface area contributed by atoms with E-state index in [1.807, 2.05) is 18.2 Å². The summed E-state index contributed by atoms with van der Waals surface area (Å²) in [6.07, 6.45) is 3.33. The monoisotopic (exact) mass is 393 g/mol. The Balaban J connectivity index is 1.43. The van der Waals surface area contributed by atoms with Gasteiger partial charge in [0.05, 0.1) is 11.5 Å². The fourth-order valence-electron chi connectivity index (χ4n) is 3.23. The molecule has 3 rings (SSSR count). The highest BCUT2D eigenvalue weighted by Crippen LogP contribution is 2.21. The zero-order valence-corrected chi connectivity index (χ0v) is 16.5. The van der Waals surface area contributed by atoms with Crippen molar-refractivity contribution in [2.45, 2.75) is 17.7 Å². The van der Waals surface area contributed by atoms with Gasteiger partial charge in [-0.25, -0.2) is 8.42 Å². The van der Waals surface area contributed by atoms with E-state index in [0.717, 1.165) is 43.2 Å². The van der Waals surface area contributed by atoms with Gasteiger partial charge in [-0.3, -0.25) is 0 Å². The number of hydrogen-bond donors (Lipinski definition) is 0. The predicted molar refractivity (Wildman–Crippen MR) is 105 cm³/mol. The van der Waals surface area contributed by atoms with Crippen LogP contribution in [0.25, 0.3) is 0 Å². The lowest BCUT2D eigenvalue weighted by Gasteiger charge is -2.16. The average Bonchev–Trinajstić information content (AvgIpc) is 3.06. The van der Waals surface area contributed by atoms with Crippen LogP contribution >= 0.6 is 11.6 Å². The molecule has 1 aliphatic heterocycles. The number of nitrogens with zero attached hydrogens (tertiary/aromatic N) is 1. The van der Waals surface area contributed by atoms with Crippen molar-refractivity contribution >= 4 is 21.4 Å². The van der Waals surface area contributed by atoms with E-state index in [0.29, 0.717) is 17.4 Å². The van der Waals surface area contributed by atoms with Crippen LogP contribution in [0.3, 0.4) is 0 Å². The molecule has 0 bridgehead atoms. The lowest BCUT2D eigenvalue weighted by Crippen LogP contribution is -2.24. The molecule has 2 aromatic carbocycles. The summed E-state index contributed by atoms with van der Waals surface area (Å²) in [5.41, 5.74) is 1.27. The Bertz CT molecular complexity index is 836. The molecule has 1 heterocycles. The van der Waals surface area contributed by atoms with Crippen LogP contribution in [0.4, 0.5) is 0 Å². The number of halogens is 1. The standard InChI is InChI=1S/C20H24ClNO3S/c1-26(23,24)20-7-5-19(6-8-20)25-15-17-10-12-22(14-17)11-9-16-3-2-4-18(21)13-16/h2-8,13,17H,9-12,14-15H2,1H3. The summed E-state index contributed by atoms with van der Waals surface area (Å²) in [7, 11) is -3.16. The Kier molecular flexibility index (Phi) is 6.22.